The summed E-state index contributed by atoms with van der Waals surface area (Å²) in [7, 11) is 0. The van der Waals surface area contributed by atoms with Gasteiger partial charge in [-0.1, -0.05) is 12.1 Å². The maximum absolute atomic E-state index is 5.53. The molecule has 0 bridgehead atoms. The fraction of sp³-hybridized carbons (Fsp3) is 0.143. The van der Waals surface area contributed by atoms with E-state index in [1.165, 1.54) is 16.5 Å². The molecular weight excluding hydrogens is 278 g/mol. The quantitative estimate of drug-likeness (QED) is 0.686. The van der Waals surface area contributed by atoms with Gasteiger partial charge in [0.2, 0.25) is 0 Å². The molecule has 0 unspecified atom stereocenters. The summed E-state index contributed by atoms with van der Waals surface area (Å²) in [5, 5.41) is 1.30. The SMILES string of the molecule is Cc1cccc2c1ccn2Cc1ccc(Br)o1. The zero-order chi connectivity index (χ0) is 11.8. The maximum atomic E-state index is 5.53. The van der Waals surface area contributed by atoms with Gasteiger partial charge in [0.25, 0.3) is 0 Å². The summed E-state index contributed by atoms with van der Waals surface area (Å²) in [5.41, 5.74) is 2.55. The van der Waals surface area contributed by atoms with Crippen molar-refractivity contribution >= 4 is 26.8 Å². The molecule has 3 aromatic rings. The Balaban J connectivity index is 2.04. The van der Waals surface area contributed by atoms with Gasteiger partial charge >= 0.3 is 0 Å². The first kappa shape index (κ1) is 10.7. The topological polar surface area (TPSA) is 18.1 Å². The van der Waals surface area contributed by atoms with E-state index < -0.39 is 0 Å². The van der Waals surface area contributed by atoms with Crippen LogP contribution in [0.15, 0.2) is 51.7 Å². The van der Waals surface area contributed by atoms with Crippen molar-refractivity contribution in [2.45, 2.75) is 13.5 Å². The average Bonchev–Trinajstić information content (AvgIpc) is 2.88. The van der Waals surface area contributed by atoms with Crippen LogP contribution in [0.5, 0.6) is 0 Å². The van der Waals surface area contributed by atoms with Gasteiger partial charge in [-0.25, -0.2) is 0 Å². The van der Waals surface area contributed by atoms with Crippen LogP contribution < -0.4 is 0 Å². The third-order valence-corrected chi connectivity index (χ3v) is 3.41. The van der Waals surface area contributed by atoms with Crippen molar-refractivity contribution in [3.8, 4) is 0 Å². The molecule has 0 saturated carbocycles. The molecule has 3 rings (SSSR count). The third kappa shape index (κ3) is 1.91. The molecule has 2 nitrogen and oxygen atoms in total. The smallest absolute Gasteiger partial charge is 0.169 e. The molecule has 0 aliphatic rings. The summed E-state index contributed by atoms with van der Waals surface area (Å²) in [6, 6.07) is 12.4. The van der Waals surface area contributed by atoms with Gasteiger partial charge in [0.15, 0.2) is 4.67 Å². The lowest BCUT2D eigenvalue weighted by atomic mass is 10.1. The van der Waals surface area contributed by atoms with Gasteiger partial charge in [-0.05, 0) is 52.7 Å². The second-order valence-corrected chi connectivity index (χ2v) is 4.94. The lowest BCUT2D eigenvalue weighted by Gasteiger charge is -2.03. The zero-order valence-corrected chi connectivity index (χ0v) is 11.1. The Morgan fingerprint density at radius 2 is 2.06 bits per heavy atom. The molecule has 2 heterocycles. The van der Waals surface area contributed by atoms with E-state index >= 15 is 0 Å². The zero-order valence-electron chi connectivity index (χ0n) is 9.48. The summed E-state index contributed by atoms with van der Waals surface area (Å²) in [6.45, 7) is 2.90. The highest BCUT2D eigenvalue weighted by molar-refractivity contribution is 9.10. The van der Waals surface area contributed by atoms with E-state index in [0.29, 0.717) is 0 Å². The fourth-order valence-electron chi connectivity index (χ4n) is 2.12. The molecular formula is C14H12BrNO. The third-order valence-electron chi connectivity index (χ3n) is 2.99. The molecule has 2 aromatic heterocycles. The van der Waals surface area contributed by atoms with Crippen LogP contribution in [0.4, 0.5) is 0 Å². The van der Waals surface area contributed by atoms with Crippen molar-refractivity contribution < 1.29 is 4.42 Å². The van der Waals surface area contributed by atoms with Gasteiger partial charge in [-0.15, -0.1) is 0 Å². The number of benzene rings is 1. The minimum atomic E-state index is 0.762. The van der Waals surface area contributed by atoms with Crippen LogP contribution in [0.25, 0.3) is 10.9 Å². The van der Waals surface area contributed by atoms with Crippen LogP contribution in [0, 0.1) is 6.92 Å². The van der Waals surface area contributed by atoms with Gasteiger partial charge in [0, 0.05) is 17.1 Å². The summed E-state index contributed by atoms with van der Waals surface area (Å²) in [4.78, 5) is 0. The van der Waals surface area contributed by atoms with Crippen molar-refractivity contribution in [2.75, 3.05) is 0 Å². The van der Waals surface area contributed by atoms with Crippen molar-refractivity contribution in [1.29, 1.82) is 0 Å². The molecule has 0 radical (unpaired) electrons. The standard InChI is InChI=1S/C14H12BrNO/c1-10-3-2-4-13-12(10)7-8-16(13)9-11-5-6-14(15)17-11/h2-8H,9H2,1H3. The molecule has 0 aliphatic carbocycles. The summed E-state index contributed by atoms with van der Waals surface area (Å²) in [5.74, 6) is 0.955. The molecule has 0 aliphatic heterocycles. The predicted molar refractivity (Wildman–Crippen MR) is 72.2 cm³/mol. The molecule has 0 saturated heterocycles. The predicted octanol–water partition coefficient (Wildman–Crippen LogP) is 4.35. The second kappa shape index (κ2) is 4.08. The van der Waals surface area contributed by atoms with Crippen LogP contribution in [-0.4, -0.2) is 4.57 Å². The Bertz CT molecular complexity index is 666. The van der Waals surface area contributed by atoms with Gasteiger partial charge < -0.3 is 8.98 Å². The number of furan rings is 1. The number of halogens is 1. The highest BCUT2D eigenvalue weighted by Gasteiger charge is 2.05. The molecule has 17 heavy (non-hydrogen) atoms. The molecule has 1 aromatic carbocycles. The minimum absolute atomic E-state index is 0.762. The van der Waals surface area contributed by atoms with E-state index in [9.17, 15) is 0 Å². The van der Waals surface area contributed by atoms with Gasteiger partial charge in [0.05, 0.1) is 6.54 Å². The van der Waals surface area contributed by atoms with Crippen molar-refractivity contribution in [3.63, 3.8) is 0 Å². The number of rotatable bonds is 2. The summed E-state index contributed by atoms with van der Waals surface area (Å²) < 4.78 is 8.51. The van der Waals surface area contributed by atoms with Gasteiger partial charge in [-0.3, -0.25) is 0 Å². The largest absolute Gasteiger partial charge is 0.452 e. The molecule has 0 atom stereocenters. The van der Waals surface area contributed by atoms with Crippen LogP contribution in [0.2, 0.25) is 0 Å². The van der Waals surface area contributed by atoms with E-state index in [4.69, 9.17) is 4.42 Å². The van der Waals surface area contributed by atoms with Crippen molar-refractivity contribution in [3.05, 3.63) is 58.6 Å². The maximum Gasteiger partial charge on any atom is 0.169 e. The first-order valence-electron chi connectivity index (χ1n) is 5.53. The van der Waals surface area contributed by atoms with Crippen LogP contribution in [-0.2, 0) is 6.54 Å². The lowest BCUT2D eigenvalue weighted by Crippen LogP contribution is -1.96. The minimum Gasteiger partial charge on any atom is -0.452 e. The average molecular weight is 290 g/mol. The monoisotopic (exact) mass is 289 g/mol. The number of aromatic nitrogens is 1. The highest BCUT2D eigenvalue weighted by Crippen LogP contribution is 2.22. The van der Waals surface area contributed by atoms with Crippen molar-refractivity contribution in [1.82, 2.24) is 4.57 Å². The fourth-order valence-corrected chi connectivity index (χ4v) is 2.46. The Morgan fingerprint density at radius 1 is 1.18 bits per heavy atom. The van der Waals surface area contributed by atoms with E-state index in [0.717, 1.165) is 17.0 Å². The first-order valence-corrected chi connectivity index (χ1v) is 6.32. The van der Waals surface area contributed by atoms with Crippen LogP contribution >= 0.6 is 15.9 Å². The molecule has 0 spiro atoms. The Kier molecular flexibility index (Phi) is 2.56. The van der Waals surface area contributed by atoms with Crippen LogP contribution in [0.1, 0.15) is 11.3 Å². The van der Waals surface area contributed by atoms with E-state index in [2.05, 4.69) is 57.9 Å². The molecule has 0 fully saturated rings. The Labute approximate surface area is 108 Å². The molecule has 86 valence electrons. The molecule has 0 amide bonds. The number of aryl methyl sites for hydroxylation is 1. The Hall–Kier alpha value is -1.48. The molecule has 3 heteroatoms. The van der Waals surface area contributed by atoms with Crippen LogP contribution in [0.3, 0.4) is 0 Å². The van der Waals surface area contributed by atoms with Gasteiger partial charge in [-0.2, -0.15) is 0 Å². The Morgan fingerprint density at radius 3 is 2.82 bits per heavy atom. The number of hydrogen-bond acceptors (Lipinski definition) is 1. The normalized spacial score (nSPS) is 11.2. The van der Waals surface area contributed by atoms with Crippen molar-refractivity contribution in [2.24, 2.45) is 0 Å². The molecule has 0 N–H and O–H groups in total. The van der Waals surface area contributed by atoms with E-state index in [-0.39, 0.29) is 0 Å². The summed E-state index contributed by atoms with van der Waals surface area (Å²) in [6.07, 6.45) is 2.11. The first-order chi connectivity index (χ1) is 8.24. The lowest BCUT2D eigenvalue weighted by molar-refractivity contribution is 0.477. The van der Waals surface area contributed by atoms with E-state index in [1.807, 2.05) is 12.1 Å². The second-order valence-electron chi connectivity index (χ2n) is 4.16. The number of nitrogens with zero attached hydrogens (tertiary/aromatic N) is 1. The van der Waals surface area contributed by atoms with Gasteiger partial charge in [0.1, 0.15) is 5.76 Å². The summed E-state index contributed by atoms with van der Waals surface area (Å²) >= 11 is 3.32. The van der Waals surface area contributed by atoms with E-state index in [1.54, 1.807) is 0 Å². The number of fused-ring (bicyclic) bond motifs is 1. The highest BCUT2D eigenvalue weighted by atomic mass is 79.9. The number of hydrogen-bond donors (Lipinski definition) is 0.